The summed E-state index contributed by atoms with van der Waals surface area (Å²) in [5.74, 6) is -0.830. The summed E-state index contributed by atoms with van der Waals surface area (Å²) < 4.78 is 10.4. The minimum absolute atomic E-state index is 0.113. The number of carbonyl (C=O) groups excluding carboxylic acids is 2. The van der Waals surface area contributed by atoms with Gasteiger partial charge in [-0.25, -0.2) is 4.79 Å². The highest BCUT2D eigenvalue weighted by molar-refractivity contribution is 5.97. The van der Waals surface area contributed by atoms with Crippen molar-refractivity contribution in [2.45, 2.75) is 25.3 Å². The highest BCUT2D eigenvalue weighted by Crippen LogP contribution is 2.32. The van der Waals surface area contributed by atoms with Crippen LogP contribution < -0.4 is 14.8 Å². The molecule has 2 amide bonds. The lowest BCUT2D eigenvalue weighted by molar-refractivity contribution is -0.154. The summed E-state index contributed by atoms with van der Waals surface area (Å²) >= 11 is 0. The Hall–Kier alpha value is -2.77. The molecule has 8 heteroatoms. The van der Waals surface area contributed by atoms with Crippen molar-refractivity contribution in [1.82, 2.24) is 10.2 Å². The van der Waals surface area contributed by atoms with E-state index in [0.717, 1.165) is 0 Å². The number of likely N-dealkylation sites (tertiary alicyclic amines) is 1. The van der Waals surface area contributed by atoms with Crippen molar-refractivity contribution in [3.8, 4) is 11.5 Å². The normalized spacial score (nSPS) is 21.6. The minimum Gasteiger partial charge on any atom is -0.480 e. The third-order valence-electron chi connectivity index (χ3n) is 4.44. The van der Waals surface area contributed by atoms with Gasteiger partial charge in [0.25, 0.3) is 5.91 Å². The maximum Gasteiger partial charge on any atom is 0.329 e. The highest BCUT2D eigenvalue weighted by Gasteiger charge is 2.45. The maximum atomic E-state index is 12.3. The Kier molecular flexibility index (Phi) is 4.04. The highest BCUT2D eigenvalue weighted by atomic mass is 16.7. The van der Waals surface area contributed by atoms with Gasteiger partial charge in [-0.2, -0.15) is 0 Å². The number of amides is 2. The van der Waals surface area contributed by atoms with Gasteiger partial charge in [0.2, 0.25) is 12.7 Å². The molecule has 1 aromatic carbocycles. The molecule has 1 fully saturated rings. The molecule has 1 aromatic rings. The fraction of sp³-hybridized carbons (Fsp3) is 0.438. The largest absolute Gasteiger partial charge is 0.480 e. The summed E-state index contributed by atoms with van der Waals surface area (Å²) in [7, 11) is 0. The van der Waals surface area contributed by atoms with Crippen molar-refractivity contribution < 1.29 is 29.0 Å². The van der Waals surface area contributed by atoms with E-state index in [1.807, 2.05) is 0 Å². The molecule has 0 radical (unpaired) electrons. The summed E-state index contributed by atoms with van der Waals surface area (Å²) in [4.78, 5) is 37.2. The number of aliphatic carboxylic acids is 1. The predicted molar refractivity (Wildman–Crippen MR) is 81.9 cm³/mol. The van der Waals surface area contributed by atoms with Crippen molar-refractivity contribution in [1.29, 1.82) is 0 Å². The first kappa shape index (κ1) is 16.1. The molecule has 128 valence electrons. The number of benzene rings is 1. The summed E-state index contributed by atoms with van der Waals surface area (Å²) in [5.41, 5.74) is -0.866. The molecule has 1 saturated heterocycles. The molecule has 8 nitrogen and oxygen atoms in total. The van der Waals surface area contributed by atoms with Crippen LogP contribution in [0, 0.1) is 0 Å². The molecule has 2 N–H and O–H groups in total. The van der Waals surface area contributed by atoms with Crippen LogP contribution in [-0.2, 0) is 9.59 Å². The Balaban J connectivity index is 1.62. The lowest BCUT2D eigenvalue weighted by Gasteiger charge is -2.31. The molecule has 3 rings (SSSR count). The second-order valence-electron chi connectivity index (χ2n) is 5.98. The Bertz CT molecular complexity index is 704. The van der Waals surface area contributed by atoms with E-state index in [2.05, 4.69) is 5.32 Å². The van der Waals surface area contributed by atoms with Crippen LogP contribution >= 0.6 is 0 Å². The number of hydrogen-bond donors (Lipinski definition) is 2. The molecule has 0 spiro atoms. The van der Waals surface area contributed by atoms with Gasteiger partial charge in [-0.15, -0.1) is 0 Å². The third kappa shape index (κ3) is 2.75. The van der Waals surface area contributed by atoms with Gasteiger partial charge in [0.15, 0.2) is 11.5 Å². The van der Waals surface area contributed by atoms with Gasteiger partial charge in [0.1, 0.15) is 5.54 Å². The molecule has 0 saturated carbocycles. The zero-order valence-electron chi connectivity index (χ0n) is 13.2. The predicted octanol–water partition coefficient (Wildman–Crippen LogP) is 0.611. The van der Waals surface area contributed by atoms with Crippen LogP contribution in [0.5, 0.6) is 11.5 Å². The van der Waals surface area contributed by atoms with Crippen LogP contribution in [0.15, 0.2) is 18.2 Å². The van der Waals surface area contributed by atoms with Crippen LogP contribution in [0.1, 0.15) is 30.1 Å². The van der Waals surface area contributed by atoms with Gasteiger partial charge in [0, 0.05) is 12.1 Å². The van der Waals surface area contributed by atoms with Gasteiger partial charge in [-0.3, -0.25) is 9.59 Å². The van der Waals surface area contributed by atoms with E-state index in [9.17, 15) is 19.5 Å². The number of ether oxygens (including phenoxy) is 2. The van der Waals surface area contributed by atoms with Gasteiger partial charge in [-0.05, 0) is 38.0 Å². The quantitative estimate of drug-likeness (QED) is 0.836. The van der Waals surface area contributed by atoms with Crippen molar-refractivity contribution >= 4 is 17.8 Å². The maximum absolute atomic E-state index is 12.3. The van der Waals surface area contributed by atoms with E-state index in [1.54, 1.807) is 18.2 Å². The second kappa shape index (κ2) is 6.03. The van der Waals surface area contributed by atoms with Crippen molar-refractivity contribution in [3.63, 3.8) is 0 Å². The van der Waals surface area contributed by atoms with Crippen LogP contribution in [0.4, 0.5) is 0 Å². The van der Waals surface area contributed by atoms with E-state index < -0.39 is 23.3 Å². The number of rotatable bonds is 4. The van der Waals surface area contributed by atoms with E-state index in [0.29, 0.717) is 36.4 Å². The number of fused-ring (bicyclic) bond motifs is 1. The Morgan fingerprint density at radius 3 is 2.79 bits per heavy atom. The number of carboxylic acids is 1. The first-order valence-electron chi connectivity index (χ1n) is 7.63. The Morgan fingerprint density at radius 1 is 1.29 bits per heavy atom. The first-order valence-corrected chi connectivity index (χ1v) is 7.63. The molecule has 2 aliphatic rings. The summed E-state index contributed by atoms with van der Waals surface area (Å²) in [6.07, 6.45) is 1.04. The van der Waals surface area contributed by atoms with Gasteiger partial charge < -0.3 is 24.8 Å². The van der Waals surface area contributed by atoms with Crippen molar-refractivity contribution in [3.05, 3.63) is 23.8 Å². The standard InChI is InChI=1S/C16H18N2O6/c1-16(15(21)22)5-2-6-18(16)13(19)8-17-14(20)10-3-4-11-12(7-10)24-9-23-11/h3-4,7H,2,5-6,8-9H2,1H3,(H,17,20)(H,21,22). The topological polar surface area (TPSA) is 105 Å². The molecule has 0 aromatic heterocycles. The zero-order chi connectivity index (χ0) is 17.3. The molecule has 24 heavy (non-hydrogen) atoms. The molecule has 1 unspecified atom stereocenters. The van der Waals surface area contributed by atoms with E-state index in [4.69, 9.17) is 9.47 Å². The average Bonchev–Trinajstić information content (AvgIpc) is 3.18. The second-order valence-corrected chi connectivity index (χ2v) is 5.98. The zero-order valence-corrected chi connectivity index (χ0v) is 13.2. The summed E-state index contributed by atoms with van der Waals surface area (Å²) in [5, 5.41) is 11.9. The fourth-order valence-corrected chi connectivity index (χ4v) is 2.98. The molecule has 0 bridgehead atoms. The number of carboxylic acid groups (broad SMARTS) is 1. The SMILES string of the molecule is CC1(C(=O)O)CCCN1C(=O)CNC(=O)c1ccc2c(c1)OCO2. The molecule has 1 atom stereocenters. The number of hydrogen-bond acceptors (Lipinski definition) is 5. The molecule has 2 heterocycles. The summed E-state index contributed by atoms with van der Waals surface area (Å²) in [6.45, 7) is 1.76. The smallest absolute Gasteiger partial charge is 0.329 e. The molecular weight excluding hydrogens is 316 g/mol. The van der Waals surface area contributed by atoms with Crippen LogP contribution in [0.2, 0.25) is 0 Å². The third-order valence-corrected chi connectivity index (χ3v) is 4.44. The van der Waals surface area contributed by atoms with Crippen molar-refractivity contribution in [2.24, 2.45) is 0 Å². The molecule has 0 aliphatic carbocycles. The minimum atomic E-state index is -1.21. The molecular formula is C16H18N2O6. The lowest BCUT2D eigenvalue weighted by atomic mass is 9.99. The monoisotopic (exact) mass is 334 g/mol. The van der Waals surface area contributed by atoms with Gasteiger partial charge in [0.05, 0.1) is 6.54 Å². The average molecular weight is 334 g/mol. The van der Waals surface area contributed by atoms with Crippen molar-refractivity contribution in [2.75, 3.05) is 19.9 Å². The first-order chi connectivity index (χ1) is 11.4. The van der Waals surface area contributed by atoms with E-state index in [-0.39, 0.29) is 13.3 Å². The number of nitrogens with zero attached hydrogens (tertiary/aromatic N) is 1. The van der Waals surface area contributed by atoms with E-state index in [1.165, 1.54) is 11.8 Å². The van der Waals surface area contributed by atoms with Crippen LogP contribution in [0.3, 0.4) is 0 Å². The van der Waals surface area contributed by atoms with E-state index >= 15 is 0 Å². The lowest BCUT2D eigenvalue weighted by Crippen LogP contribution is -2.53. The van der Waals surface area contributed by atoms with Crippen LogP contribution in [-0.4, -0.2) is 53.2 Å². The van der Waals surface area contributed by atoms with Gasteiger partial charge >= 0.3 is 5.97 Å². The number of nitrogens with one attached hydrogen (secondary N) is 1. The Labute approximate surface area is 138 Å². The Morgan fingerprint density at radius 2 is 2.04 bits per heavy atom. The number of carbonyl (C=O) groups is 3. The fourth-order valence-electron chi connectivity index (χ4n) is 2.98. The van der Waals surface area contributed by atoms with Crippen LogP contribution in [0.25, 0.3) is 0 Å². The summed E-state index contributed by atoms with van der Waals surface area (Å²) in [6, 6.07) is 4.74. The molecule has 2 aliphatic heterocycles. The van der Waals surface area contributed by atoms with Gasteiger partial charge in [-0.1, -0.05) is 0 Å².